The molecule has 2 rings (SSSR count). The second-order valence-electron chi connectivity index (χ2n) is 3.31. The summed E-state index contributed by atoms with van der Waals surface area (Å²) in [5, 5.41) is 10.3. The van der Waals surface area contributed by atoms with Crippen molar-refractivity contribution in [2.45, 2.75) is 6.54 Å². The number of benzene rings is 1. The summed E-state index contributed by atoms with van der Waals surface area (Å²) in [6.45, 7) is 0.289. The van der Waals surface area contributed by atoms with Gasteiger partial charge in [-0.05, 0) is 12.1 Å². The van der Waals surface area contributed by atoms with E-state index in [0.717, 1.165) is 6.07 Å². The summed E-state index contributed by atoms with van der Waals surface area (Å²) in [6.07, 6.45) is 1.54. The minimum Gasteiger partial charge on any atom is -0.375 e. The summed E-state index contributed by atoms with van der Waals surface area (Å²) in [5.74, 6) is -1.11. The number of aromatic nitrogens is 3. The molecule has 16 heavy (non-hydrogen) atoms. The third kappa shape index (κ3) is 2.00. The Bertz CT molecular complexity index is 495. The zero-order valence-electron chi connectivity index (χ0n) is 8.61. The maximum atomic E-state index is 13.3. The molecular weight excluding hydrogens is 214 g/mol. The number of hydrogen-bond acceptors (Lipinski definition) is 3. The van der Waals surface area contributed by atoms with Crippen molar-refractivity contribution in [1.82, 2.24) is 14.8 Å². The van der Waals surface area contributed by atoms with Crippen LogP contribution >= 0.6 is 0 Å². The Morgan fingerprint density at radius 3 is 2.88 bits per heavy atom. The maximum absolute atomic E-state index is 13.3. The standard InChI is InChI=1S/C10H10F2N4/c1-16-6-14-15-9(16)5-13-8-4-2-3-7(11)10(8)12/h2-4,6,13H,5H2,1H3. The van der Waals surface area contributed by atoms with E-state index in [1.54, 1.807) is 17.9 Å². The topological polar surface area (TPSA) is 42.7 Å². The normalized spacial score (nSPS) is 10.4. The van der Waals surface area contributed by atoms with E-state index >= 15 is 0 Å². The van der Waals surface area contributed by atoms with E-state index in [2.05, 4.69) is 15.5 Å². The Hall–Kier alpha value is -1.98. The van der Waals surface area contributed by atoms with Gasteiger partial charge in [0.05, 0.1) is 12.2 Å². The molecule has 0 fully saturated rings. The highest BCUT2D eigenvalue weighted by Crippen LogP contribution is 2.16. The van der Waals surface area contributed by atoms with Gasteiger partial charge in [-0.1, -0.05) is 6.07 Å². The lowest BCUT2D eigenvalue weighted by molar-refractivity contribution is 0.510. The van der Waals surface area contributed by atoms with Crippen LogP contribution in [0.25, 0.3) is 0 Å². The van der Waals surface area contributed by atoms with Gasteiger partial charge >= 0.3 is 0 Å². The van der Waals surface area contributed by atoms with Gasteiger partial charge in [-0.15, -0.1) is 10.2 Å². The maximum Gasteiger partial charge on any atom is 0.181 e. The number of halogens is 2. The number of aryl methyl sites for hydroxylation is 1. The van der Waals surface area contributed by atoms with Crippen molar-refractivity contribution in [3.05, 3.63) is 42.0 Å². The molecule has 84 valence electrons. The second kappa shape index (κ2) is 4.26. The first-order valence-electron chi connectivity index (χ1n) is 4.69. The molecule has 1 N–H and O–H groups in total. The van der Waals surface area contributed by atoms with Gasteiger partial charge in [0.25, 0.3) is 0 Å². The van der Waals surface area contributed by atoms with Gasteiger partial charge in [-0.3, -0.25) is 0 Å². The summed E-state index contributed by atoms with van der Waals surface area (Å²) in [7, 11) is 1.78. The minimum atomic E-state index is -0.885. The Morgan fingerprint density at radius 2 is 2.19 bits per heavy atom. The van der Waals surface area contributed by atoms with Crippen molar-refractivity contribution in [1.29, 1.82) is 0 Å². The van der Waals surface area contributed by atoms with Crippen LogP contribution in [0.15, 0.2) is 24.5 Å². The van der Waals surface area contributed by atoms with E-state index in [4.69, 9.17) is 0 Å². The number of hydrogen-bond donors (Lipinski definition) is 1. The van der Waals surface area contributed by atoms with Crippen LogP contribution in [0.5, 0.6) is 0 Å². The van der Waals surface area contributed by atoms with E-state index in [1.165, 1.54) is 12.1 Å². The molecule has 0 aliphatic carbocycles. The fourth-order valence-corrected chi connectivity index (χ4v) is 1.28. The Kier molecular flexibility index (Phi) is 2.80. The SMILES string of the molecule is Cn1cnnc1CNc1cccc(F)c1F. The molecule has 1 aromatic heterocycles. The summed E-state index contributed by atoms with van der Waals surface area (Å²) in [4.78, 5) is 0. The summed E-state index contributed by atoms with van der Waals surface area (Å²) in [6, 6.07) is 3.98. The Morgan fingerprint density at radius 1 is 1.38 bits per heavy atom. The first-order chi connectivity index (χ1) is 7.68. The Labute approximate surface area is 90.9 Å². The van der Waals surface area contributed by atoms with E-state index in [0.29, 0.717) is 5.82 Å². The van der Waals surface area contributed by atoms with Crippen molar-refractivity contribution < 1.29 is 8.78 Å². The van der Waals surface area contributed by atoms with Crippen LogP contribution in [0.3, 0.4) is 0 Å². The predicted octanol–water partition coefficient (Wildman–Crippen LogP) is 1.71. The zero-order valence-corrected chi connectivity index (χ0v) is 8.61. The minimum absolute atomic E-state index is 0.114. The van der Waals surface area contributed by atoms with E-state index in [-0.39, 0.29) is 12.2 Å². The van der Waals surface area contributed by atoms with Crippen LogP contribution in [-0.2, 0) is 13.6 Å². The van der Waals surface area contributed by atoms with Crippen molar-refractivity contribution >= 4 is 5.69 Å². The monoisotopic (exact) mass is 224 g/mol. The summed E-state index contributed by atoms with van der Waals surface area (Å²) < 4.78 is 27.8. The number of rotatable bonds is 3. The molecule has 0 unspecified atom stereocenters. The molecule has 1 aromatic carbocycles. The van der Waals surface area contributed by atoms with Crippen molar-refractivity contribution in [3.63, 3.8) is 0 Å². The lowest BCUT2D eigenvalue weighted by Crippen LogP contribution is -2.07. The van der Waals surface area contributed by atoms with E-state index in [1.807, 2.05) is 0 Å². The zero-order chi connectivity index (χ0) is 11.5. The molecule has 0 atom stereocenters. The summed E-state index contributed by atoms with van der Waals surface area (Å²) >= 11 is 0. The lowest BCUT2D eigenvalue weighted by Gasteiger charge is -2.06. The van der Waals surface area contributed by atoms with Gasteiger partial charge in [-0.2, -0.15) is 0 Å². The molecule has 0 aliphatic heterocycles. The molecule has 2 aromatic rings. The van der Waals surface area contributed by atoms with Gasteiger partial charge in [0.2, 0.25) is 0 Å². The van der Waals surface area contributed by atoms with Crippen molar-refractivity contribution in [3.8, 4) is 0 Å². The van der Waals surface area contributed by atoms with Crippen LogP contribution in [0.4, 0.5) is 14.5 Å². The highest BCUT2D eigenvalue weighted by Gasteiger charge is 2.08. The molecule has 0 bridgehead atoms. The van der Waals surface area contributed by atoms with Crippen molar-refractivity contribution in [2.24, 2.45) is 7.05 Å². The molecule has 0 aliphatic rings. The molecular formula is C10H10F2N4. The first-order valence-corrected chi connectivity index (χ1v) is 4.69. The second-order valence-corrected chi connectivity index (χ2v) is 3.31. The summed E-state index contributed by atoms with van der Waals surface area (Å²) in [5.41, 5.74) is 0.114. The van der Waals surface area contributed by atoms with E-state index < -0.39 is 11.6 Å². The number of nitrogens with zero attached hydrogens (tertiary/aromatic N) is 3. The highest BCUT2D eigenvalue weighted by molar-refractivity contribution is 5.44. The number of nitrogens with one attached hydrogen (secondary N) is 1. The van der Waals surface area contributed by atoms with Gasteiger partial charge in [-0.25, -0.2) is 8.78 Å². The first kappa shape index (κ1) is 10.5. The fraction of sp³-hybridized carbons (Fsp3) is 0.200. The molecule has 4 nitrogen and oxygen atoms in total. The molecule has 6 heteroatoms. The quantitative estimate of drug-likeness (QED) is 0.863. The smallest absolute Gasteiger partial charge is 0.181 e. The fourth-order valence-electron chi connectivity index (χ4n) is 1.28. The number of anilines is 1. The van der Waals surface area contributed by atoms with E-state index in [9.17, 15) is 8.78 Å². The van der Waals surface area contributed by atoms with Gasteiger partial charge in [0.1, 0.15) is 6.33 Å². The predicted molar refractivity (Wildman–Crippen MR) is 54.7 cm³/mol. The third-order valence-electron chi connectivity index (χ3n) is 2.19. The largest absolute Gasteiger partial charge is 0.375 e. The molecule has 0 saturated carbocycles. The molecule has 0 amide bonds. The Balaban J connectivity index is 2.11. The van der Waals surface area contributed by atoms with Gasteiger partial charge < -0.3 is 9.88 Å². The van der Waals surface area contributed by atoms with Crippen molar-refractivity contribution in [2.75, 3.05) is 5.32 Å². The average molecular weight is 224 g/mol. The molecule has 0 saturated heterocycles. The third-order valence-corrected chi connectivity index (χ3v) is 2.19. The lowest BCUT2D eigenvalue weighted by atomic mass is 10.3. The van der Waals surface area contributed by atoms with Crippen LogP contribution in [-0.4, -0.2) is 14.8 Å². The highest BCUT2D eigenvalue weighted by atomic mass is 19.2. The molecule has 0 radical (unpaired) electrons. The van der Waals surface area contributed by atoms with Gasteiger partial charge in [0.15, 0.2) is 17.5 Å². The van der Waals surface area contributed by atoms with Crippen LogP contribution < -0.4 is 5.32 Å². The average Bonchev–Trinajstić information content (AvgIpc) is 2.67. The van der Waals surface area contributed by atoms with Gasteiger partial charge in [0, 0.05) is 7.05 Å². The van der Waals surface area contributed by atoms with Crippen LogP contribution in [0.1, 0.15) is 5.82 Å². The van der Waals surface area contributed by atoms with Crippen LogP contribution in [0, 0.1) is 11.6 Å². The molecule has 1 heterocycles. The van der Waals surface area contributed by atoms with Crippen LogP contribution in [0.2, 0.25) is 0 Å². The molecule has 0 spiro atoms.